The number of nitrogens with one attached hydrogen (secondary N) is 2. The third-order valence-electron chi connectivity index (χ3n) is 3.92. The highest BCUT2D eigenvalue weighted by Gasteiger charge is 2.13. The van der Waals surface area contributed by atoms with E-state index in [1.54, 1.807) is 0 Å². The predicted molar refractivity (Wildman–Crippen MR) is 106 cm³/mol. The molecule has 0 atom stereocenters. The molecule has 1 aromatic rings. The Kier molecular flexibility index (Phi) is 11.5. The first-order valence-corrected chi connectivity index (χ1v) is 9.42. The number of nitrogens with zero attached hydrogens (tertiary/aromatic N) is 1. The molecule has 0 heterocycles. The SMILES string of the molecule is COC(=O)CN(C)C(=N)NC(=O)OCCCCOC(=O)CCCc1ccccc1. The number of hydrogen-bond acceptors (Lipinski definition) is 7. The van der Waals surface area contributed by atoms with Crippen LogP contribution in [0.25, 0.3) is 0 Å². The van der Waals surface area contributed by atoms with Crippen molar-refractivity contribution in [3.8, 4) is 0 Å². The molecule has 0 saturated heterocycles. The summed E-state index contributed by atoms with van der Waals surface area (Å²) in [5.41, 5.74) is 1.19. The van der Waals surface area contributed by atoms with Crippen molar-refractivity contribution in [3.63, 3.8) is 0 Å². The van der Waals surface area contributed by atoms with Crippen molar-refractivity contribution in [2.24, 2.45) is 0 Å². The van der Waals surface area contributed by atoms with Crippen LogP contribution in [0.2, 0.25) is 0 Å². The normalized spacial score (nSPS) is 10.0. The van der Waals surface area contributed by atoms with Crippen LogP contribution in [0.1, 0.15) is 31.2 Å². The molecule has 0 fully saturated rings. The largest absolute Gasteiger partial charge is 0.468 e. The first kappa shape index (κ1) is 23.9. The van der Waals surface area contributed by atoms with Gasteiger partial charge >= 0.3 is 18.0 Å². The molecule has 0 aliphatic rings. The maximum absolute atomic E-state index is 11.7. The Balaban J connectivity index is 2.02. The minimum atomic E-state index is -0.787. The van der Waals surface area contributed by atoms with E-state index in [-0.39, 0.29) is 31.7 Å². The number of benzene rings is 1. The average molecular weight is 407 g/mol. The minimum Gasteiger partial charge on any atom is -0.468 e. The van der Waals surface area contributed by atoms with Gasteiger partial charge in [-0.05, 0) is 31.2 Å². The van der Waals surface area contributed by atoms with Gasteiger partial charge in [0, 0.05) is 13.5 Å². The van der Waals surface area contributed by atoms with E-state index in [1.807, 2.05) is 30.3 Å². The summed E-state index contributed by atoms with van der Waals surface area (Å²) in [7, 11) is 2.71. The molecule has 0 aliphatic heterocycles. The highest BCUT2D eigenvalue weighted by atomic mass is 16.6. The van der Waals surface area contributed by atoms with Gasteiger partial charge in [0.15, 0.2) is 0 Å². The summed E-state index contributed by atoms with van der Waals surface area (Å²) in [5.74, 6) is -1.03. The van der Waals surface area contributed by atoms with Crippen molar-refractivity contribution in [2.75, 3.05) is 33.9 Å². The maximum Gasteiger partial charge on any atom is 0.413 e. The number of aryl methyl sites for hydroxylation is 1. The number of carbonyl (C=O) groups excluding carboxylic acids is 3. The molecule has 160 valence electrons. The fourth-order valence-corrected chi connectivity index (χ4v) is 2.27. The summed E-state index contributed by atoms with van der Waals surface area (Å²) in [6.45, 7) is 0.241. The van der Waals surface area contributed by atoms with E-state index >= 15 is 0 Å². The smallest absolute Gasteiger partial charge is 0.413 e. The molecule has 9 nitrogen and oxygen atoms in total. The summed E-state index contributed by atoms with van der Waals surface area (Å²) in [6.07, 6.45) is 2.25. The van der Waals surface area contributed by atoms with Crippen molar-refractivity contribution in [1.29, 1.82) is 5.41 Å². The molecule has 0 spiro atoms. The van der Waals surface area contributed by atoms with Crippen LogP contribution >= 0.6 is 0 Å². The quantitative estimate of drug-likeness (QED) is 0.190. The van der Waals surface area contributed by atoms with Gasteiger partial charge in [-0.15, -0.1) is 0 Å². The molecule has 2 N–H and O–H groups in total. The lowest BCUT2D eigenvalue weighted by Crippen LogP contribution is -2.43. The molecule has 29 heavy (non-hydrogen) atoms. The van der Waals surface area contributed by atoms with E-state index in [0.29, 0.717) is 19.3 Å². The number of guanidine groups is 1. The van der Waals surface area contributed by atoms with Gasteiger partial charge in [0.05, 0.1) is 20.3 Å². The summed E-state index contributed by atoms with van der Waals surface area (Å²) < 4.78 is 14.6. The zero-order valence-electron chi connectivity index (χ0n) is 16.9. The number of alkyl carbamates (subject to hydrolysis) is 1. The van der Waals surface area contributed by atoms with Crippen molar-refractivity contribution in [3.05, 3.63) is 35.9 Å². The van der Waals surface area contributed by atoms with Gasteiger partial charge in [-0.1, -0.05) is 30.3 Å². The van der Waals surface area contributed by atoms with Crippen molar-refractivity contribution in [1.82, 2.24) is 10.2 Å². The number of rotatable bonds is 11. The Labute approximate surface area is 170 Å². The van der Waals surface area contributed by atoms with E-state index in [9.17, 15) is 14.4 Å². The zero-order chi connectivity index (χ0) is 21.5. The number of hydrogen-bond donors (Lipinski definition) is 2. The number of methoxy groups -OCH3 is 1. The molecule has 0 unspecified atom stereocenters. The predicted octanol–water partition coefficient (Wildman–Crippen LogP) is 2.10. The lowest BCUT2D eigenvalue weighted by molar-refractivity contribution is -0.144. The molecule has 0 saturated carbocycles. The third kappa shape index (κ3) is 11.4. The molecular formula is C20H29N3O6. The van der Waals surface area contributed by atoms with E-state index in [1.165, 1.54) is 24.6 Å². The van der Waals surface area contributed by atoms with Crippen molar-refractivity contribution >= 4 is 24.0 Å². The van der Waals surface area contributed by atoms with Crippen LogP contribution in [-0.2, 0) is 30.2 Å². The maximum atomic E-state index is 11.7. The van der Waals surface area contributed by atoms with Gasteiger partial charge < -0.3 is 19.1 Å². The molecule has 1 aromatic carbocycles. The van der Waals surface area contributed by atoms with Gasteiger partial charge in [-0.2, -0.15) is 0 Å². The van der Waals surface area contributed by atoms with E-state index < -0.39 is 12.1 Å². The Morgan fingerprint density at radius 3 is 2.31 bits per heavy atom. The highest BCUT2D eigenvalue weighted by molar-refractivity contribution is 5.93. The van der Waals surface area contributed by atoms with Crippen LogP contribution in [-0.4, -0.2) is 62.8 Å². The van der Waals surface area contributed by atoms with E-state index in [2.05, 4.69) is 10.1 Å². The number of unbranched alkanes of at least 4 members (excludes halogenated alkanes) is 1. The van der Waals surface area contributed by atoms with Gasteiger partial charge in [-0.25, -0.2) is 4.79 Å². The second kappa shape index (κ2) is 14.0. The van der Waals surface area contributed by atoms with Crippen molar-refractivity contribution in [2.45, 2.75) is 32.1 Å². The lowest BCUT2D eigenvalue weighted by Gasteiger charge is -2.18. The average Bonchev–Trinajstić information content (AvgIpc) is 2.71. The molecule has 0 aliphatic carbocycles. The van der Waals surface area contributed by atoms with Gasteiger partial charge in [0.25, 0.3) is 0 Å². The van der Waals surface area contributed by atoms with E-state index in [0.717, 1.165) is 12.8 Å². The Morgan fingerprint density at radius 2 is 1.66 bits per heavy atom. The molecular weight excluding hydrogens is 378 g/mol. The van der Waals surface area contributed by atoms with Crippen LogP contribution in [0.3, 0.4) is 0 Å². The summed E-state index contributed by atoms with van der Waals surface area (Å²) >= 11 is 0. The van der Waals surface area contributed by atoms with Gasteiger partial charge in [-0.3, -0.25) is 20.3 Å². The number of carbonyl (C=O) groups is 3. The Morgan fingerprint density at radius 1 is 1.00 bits per heavy atom. The van der Waals surface area contributed by atoms with Crippen LogP contribution in [0.15, 0.2) is 30.3 Å². The van der Waals surface area contributed by atoms with Gasteiger partial charge in [0.1, 0.15) is 6.54 Å². The zero-order valence-corrected chi connectivity index (χ0v) is 16.9. The first-order chi connectivity index (χ1) is 13.9. The topological polar surface area (TPSA) is 118 Å². The highest BCUT2D eigenvalue weighted by Crippen LogP contribution is 2.05. The van der Waals surface area contributed by atoms with Gasteiger partial charge in [0.2, 0.25) is 5.96 Å². The molecule has 1 rings (SSSR count). The monoisotopic (exact) mass is 407 g/mol. The fraction of sp³-hybridized carbons (Fsp3) is 0.500. The minimum absolute atomic E-state index is 0.130. The second-order valence-corrected chi connectivity index (χ2v) is 6.31. The number of amides is 1. The number of esters is 2. The summed E-state index contributed by atoms with van der Waals surface area (Å²) in [5, 5.41) is 9.86. The number of ether oxygens (including phenoxy) is 3. The van der Waals surface area contributed by atoms with Crippen LogP contribution in [0.5, 0.6) is 0 Å². The van der Waals surface area contributed by atoms with Crippen molar-refractivity contribution < 1.29 is 28.6 Å². The standard InChI is InChI=1S/C20H29N3O6/c1-23(15-18(25)27-2)19(21)22-20(26)29-14-7-6-13-28-17(24)12-8-11-16-9-4-3-5-10-16/h3-5,9-10H,6-8,11-15H2,1-2H3,(H2,21,22,26). The third-order valence-corrected chi connectivity index (χ3v) is 3.92. The lowest BCUT2D eigenvalue weighted by atomic mass is 10.1. The molecule has 9 heteroatoms. The molecule has 1 amide bonds. The number of likely N-dealkylation sites (N-methyl/N-ethyl adjacent to an activating group) is 1. The van der Waals surface area contributed by atoms with E-state index in [4.69, 9.17) is 14.9 Å². The Bertz CT molecular complexity index is 665. The molecule has 0 aromatic heterocycles. The molecule has 0 radical (unpaired) electrons. The van der Waals surface area contributed by atoms with Crippen LogP contribution in [0.4, 0.5) is 4.79 Å². The Hall–Kier alpha value is -3.10. The van der Waals surface area contributed by atoms with Crippen LogP contribution < -0.4 is 5.32 Å². The first-order valence-electron chi connectivity index (χ1n) is 9.42. The molecule has 0 bridgehead atoms. The summed E-state index contributed by atoms with van der Waals surface area (Å²) in [4.78, 5) is 35.6. The van der Waals surface area contributed by atoms with Crippen LogP contribution in [0, 0.1) is 5.41 Å². The second-order valence-electron chi connectivity index (χ2n) is 6.31. The fourth-order valence-electron chi connectivity index (χ4n) is 2.27. The summed E-state index contributed by atoms with van der Waals surface area (Å²) in [6, 6.07) is 9.96.